The molecule has 0 aromatic heterocycles. The van der Waals surface area contributed by atoms with Crippen molar-refractivity contribution in [2.24, 2.45) is 23.7 Å². The molecule has 3 rings (SSSR count). The Kier molecular flexibility index (Phi) is 14.1. The Bertz CT molecular complexity index is 1100. The van der Waals surface area contributed by atoms with Crippen LogP contribution in [0.25, 0.3) is 0 Å². The van der Waals surface area contributed by atoms with Gasteiger partial charge in [-0.2, -0.15) is 0 Å². The number of esters is 2. The van der Waals surface area contributed by atoms with Gasteiger partial charge in [-0.15, -0.1) is 0 Å². The fourth-order valence-electron chi connectivity index (χ4n) is 7.00. The first-order chi connectivity index (χ1) is 20.9. The molecular formula is C38H57FO5. The van der Waals surface area contributed by atoms with E-state index < -0.39 is 17.5 Å². The van der Waals surface area contributed by atoms with Crippen LogP contribution in [0, 0.1) is 29.5 Å². The standard InChI is InChI=1S/C38H57FO5/c1-7-8-9-10-28-11-14-30(15-12-28)31-17-19-32(20-18-31)34-22-21-33(35(39)23-34)16-13-29(24-43-36(40)26(2)3)25-44-37(41)27(4)38(5,6)42/h21-23,28-32,42H,2,4,7-20,24-25H2,1,3,5-6H3. The molecule has 1 aromatic carbocycles. The minimum atomic E-state index is -1.41. The lowest BCUT2D eigenvalue weighted by molar-refractivity contribution is -0.145. The molecule has 44 heavy (non-hydrogen) atoms. The van der Waals surface area contributed by atoms with Gasteiger partial charge in [0, 0.05) is 11.5 Å². The molecular weight excluding hydrogens is 555 g/mol. The van der Waals surface area contributed by atoms with Crippen molar-refractivity contribution in [3.8, 4) is 0 Å². The van der Waals surface area contributed by atoms with E-state index in [9.17, 15) is 14.7 Å². The van der Waals surface area contributed by atoms with E-state index in [1.54, 1.807) is 13.0 Å². The first-order valence-corrected chi connectivity index (χ1v) is 17.1. The Hall–Kier alpha value is -2.47. The Balaban J connectivity index is 1.50. The summed E-state index contributed by atoms with van der Waals surface area (Å²) < 4.78 is 26.0. The van der Waals surface area contributed by atoms with Crippen LogP contribution in [0.1, 0.15) is 128 Å². The second kappa shape index (κ2) is 17.3. The van der Waals surface area contributed by atoms with Gasteiger partial charge < -0.3 is 14.6 Å². The number of ether oxygens (including phenoxy) is 2. The summed E-state index contributed by atoms with van der Waals surface area (Å²) in [4.78, 5) is 24.3. The Morgan fingerprint density at radius 1 is 0.955 bits per heavy atom. The van der Waals surface area contributed by atoms with Crippen LogP contribution in [-0.2, 0) is 25.5 Å². The third-order valence-corrected chi connectivity index (χ3v) is 10.1. The molecule has 0 aliphatic heterocycles. The number of carbonyl (C=O) groups excluding carboxylic acids is 2. The quantitative estimate of drug-likeness (QED) is 0.115. The number of carbonyl (C=O) groups is 2. The molecule has 2 saturated carbocycles. The summed E-state index contributed by atoms with van der Waals surface area (Å²) in [7, 11) is 0. The maximum atomic E-state index is 15.3. The zero-order chi connectivity index (χ0) is 32.3. The van der Waals surface area contributed by atoms with Gasteiger partial charge in [0.15, 0.2) is 0 Å². The topological polar surface area (TPSA) is 72.8 Å². The highest BCUT2D eigenvalue weighted by Gasteiger charge is 2.31. The van der Waals surface area contributed by atoms with Crippen molar-refractivity contribution in [1.82, 2.24) is 0 Å². The van der Waals surface area contributed by atoms with Gasteiger partial charge >= 0.3 is 11.9 Å². The number of hydrogen-bond donors (Lipinski definition) is 1. The number of aliphatic hydroxyl groups is 1. The fourth-order valence-corrected chi connectivity index (χ4v) is 7.00. The third-order valence-electron chi connectivity index (χ3n) is 10.1. The van der Waals surface area contributed by atoms with Crippen LogP contribution in [0.15, 0.2) is 42.5 Å². The van der Waals surface area contributed by atoms with E-state index in [1.807, 2.05) is 6.07 Å². The van der Waals surface area contributed by atoms with Gasteiger partial charge in [0.1, 0.15) is 5.82 Å². The smallest absolute Gasteiger partial charge is 0.336 e. The van der Waals surface area contributed by atoms with E-state index >= 15 is 4.39 Å². The van der Waals surface area contributed by atoms with Crippen LogP contribution in [-0.4, -0.2) is 35.9 Å². The number of hydrogen-bond acceptors (Lipinski definition) is 5. The molecule has 1 aromatic rings. The molecule has 0 bridgehead atoms. The molecule has 1 atom stereocenters. The molecule has 2 aliphatic rings. The molecule has 0 heterocycles. The molecule has 0 radical (unpaired) electrons. The van der Waals surface area contributed by atoms with Crippen LogP contribution in [0.4, 0.5) is 4.39 Å². The van der Waals surface area contributed by atoms with Gasteiger partial charge in [0.05, 0.1) is 24.4 Å². The normalized spacial score (nSPS) is 23.0. The van der Waals surface area contributed by atoms with Crippen molar-refractivity contribution >= 4 is 11.9 Å². The maximum Gasteiger partial charge on any atom is 0.336 e. The van der Waals surface area contributed by atoms with Crippen LogP contribution in [0.5, 0.6) is 0 Å². The van der Waals surface area contributed by atoms with Crippen LogP contribution in [0.3, 0.4) is 0 Å². The zero-order valence-electron chi connectivity index (χ0n) is 27.8. The predicted octanol–water partition coefficient (Wildman–Crippen LogP) is 9.02. The van der Waals surface area contributed by atoms with Crippen LogP contribution in [0.2, 0.25) is 0 Å². The summed E-state index contributed by atoms with van der Waals surface area (Å²) in [5, 5.41) is 10.0. The average Bonchev–Trinajstić information content (AvgIpc) is 3.00. The van der Waals surface area contributed by atoms with Gasteiger partial charge in [0.2, 0.25) is 0 Å². The summed E-state index contributed by atoms with van der Waals surface area (Å²) in [5.74, 6) is 1.28. The number of benzene rings is 1. The Labute approximate surface area is 265 Å². The van der Waals surface area contributed by atoms with Gasteiger partial charge in [-0.3, -0.25) is 0 Å². The monoisotopic (exact) mass is 612 g/mol. The van der Waals surface area contributed by atoms with Gasteiger partial charge in [-0.05, 0) is 113 Å². The lowest BCUT2D eigenvalue weighted by atomic mass is 9.68. The van der Waals surface area contributed by atoms with Crippen molar-refractivity contribution in [3.05, 3.63) is 59.4 Å². The summed E-state index contributed by atoms with van der Waals surface area (Å²) in [6.07, 6.45) is 16.8. The zero-order valence-corrected chi connectivity index (χ0v) is 27.8. The second-order valence-corrected chi connectivity index (χ2v) is 14.2. The Morgan fingerprint density at radius 3 is 2.09 bits per heavy atom. The van der Waals surface area contributed by atoms with Crippen molar-refractivity contribution in [3.63, 3.8) is 0 Å². The highest BCUT2D eigenvalue weighted by molar-refractivity contribution is 5.89. The molecule has 2 fully saturated rings. The fraction of sp³-hybridized carbons (Fsp3) is 0.684. The number of aryl methyl sites for hydroxylation is 1. The Morgan fingerprint density at radius 2 is 1.55 bits per heavy atom. The maximum absolute atomic E-state index is 15.3. The molecule has 0 amide bonds. The molecule has 246 valence electrons. The predicted molar refractivity (Wildman–Crippen MR) is 175 cm³/mol. The average molecular weight is 613 g/mol. The van der Waals surface area contributed by atoms with Crippen molar-refractivity contribution < 1.29 is 28.6 Å². The minimum absolute atomic E-state index is 0.0113. The van der Waals surface area contributed by atoms with E-state index in [4.69, 9.17) is 9.47 Å². The van der Waals surface area contributed by atoms with Gasteiger partial charge in [0.25, 0.3) is 0 Å². The first-order valence-electron chi connectivity index (χ1n) is 17.1. The molecule has 5 nitrogen and oxygen atoms in total. The van der Waals surface area contributed by atoms with Crippen molar-refractivity contribution in [2.75, 3.05) is 13.2 Å². The van der Waals surface area contributed by atoms with E-state index in [2.05, 4.69) is 26.1 Å². The lowest BCUT2D eigenvalue weighted by Crippen LogP contribution is -2.30. The molecule has 0 saturated heterocycles. The molecule has 1 N–H and O–H groups in total. The first kappa shape index (κ1) is 36.0. The summed E-state index contributed by atoms with van der Waals surface area (Å²) in [6.45, 7) is 14.0. The third kappa shape index (κ3) is 11.2. The summed E-state index contributed by atoms with van der Waals surface area (Å²) >= 11 is 0. The van der Waals surface area contributed by atoms with Crippen LogP contribution >= 0.6 is 0 Å². The van der Waals surface area contributed by atoms with E-state index in [0.29, 0.717) is 24.3 Å². The number of rotatable bonds is 16. The molecule has 1 unspecified atom stereocenters. The number of unbranched alkanes of at least 4 members (excludes halogenated alkanes) is 2. The number of halogens is 1. The van der Waals surface area contributed by atoms with Gasteiger partial charge in [-0.1, -0.05) is 70.7 Å². The highest BCUT2D eigenvalue weighted by Crippen LogP contribution is 2.44. The van der Waals surface area contributed by atoms with Crippen LogP contribution < -0.4 is 0 Å². The van der Waals surface area contributed by atoms with Gasteiger partial charge in [-0.25, -0.2) is 14.0 Å². The largest absolute Gasteiger partial charge is 0.462 e. The second-order valence-electron chi connectivity index (χ2n) is 14.2. The van der Waals surface area contributed by atoms with E-state index in [0.717, 1.165) is 36.2 Å². The van der Waals surface area contributed by atoms with E-state index in [1.165, 1.54) is 78.1 Å². The molecule has 0 spiro atoms. The SMILES string of the molecule is C=C(C)C(=O)OCC(CCc1ccc(C2CCC(C3CCC(CCCCC)CC3)CC2)cc1F)COC(=O)C(=C)C(C)(C)O. The highest BCUT2D eigenvalue weighted by atomic mass is 19.1. The van der Waals surface area contributed by atoms with E-state index in [-0.39, 0.29) is 36.1 Å². The lowest BCUT2D eigenvalue weighted by Gasteiger charge is -2.38. The van der Waals surface area contributed by atoms with Crippen molar-refractivity contribution in [1.29, 1.82) is 0 Å². The van der Waals surface area contributed by atoms with Crippen molar-refractivity contribution in [2.45, 2.75) is 129 Å². The molecule has 6 heteroatoms. The summed E-state index contributed by atoms with van der Waals surface area (Å²) in [5.41, 5.74) is 0.501. The summed E-state index contributed by atoms with van der Waals surface area (Å²) in [6, 6.07) is 5.68. The minimum Gasteiger partial charge on any atom is -0.462 e. The molecule has 2 aliphatic carbocycles.